The topological polar surface area (TPSA) is 49.8 Å². The molecular formula is C16H14ClN3O. The summed E-state index contributed by atoms with van der Waals surface area (Å²) in [5, 5.41) is 6.73. The van der Waals surface area contributed by atoms with Gasteiger partial charge in [0.05, 0.1) is 16.4 Å². The highest BCUT2D eigenvalue weighted by Gasteiger charge is 2.06. The molecule has 106 valence electrons. The molecule has 5 heteroatoms. The van der Waals surface area contributed by atoms with E-state index < -0.39 is 0 Å². The number of aromatic nitrogens is 2. The van der Waals surface area contributed by atoms with E-state index in [9.17, 15) is 4.79 Å². The first kappa shape index (κ1) is 13.5. The minimum absolute atomic E-state index is 0.131. The first-order valence-electron chi connectivity index (χ1n) is 6.54. The molecule has 0 saturated heterocycles. The van der Waals surface area contributed by atoms with Crippen molar-refractivity contribution in [1.29, 1.82) is 0 Å². The van der Waals surface area contributed by atoms with Gasteiger partial charge in [0.15, 0.2) is 0 Å². The summed E-state index contributed by atoms with van der Waals surface area (Å²) < 4.78 is 1.48. The maximum atomic E-state index is 12.1. The number of H-pyrrole nitrogens is 1. The van der Waals surface area contributed by atoms with Crippen LogP contribution in [0.15, 0.2) is 59.4 Å². The highest BCUT2D eigenvalue weighted by atomic mass is 35.5. The van der Waals surface area contributed by atoms with E-state index >= 15 is 0 Å². The standard InChI is InChI=1S/C16H14ClN3O/c1-11-6-8-12(9-7-11)20-16(21)10-15(19-20)18-14-5-3-2-4-13(14)17/h2-10,18-19H,1H3. The number of halogens is 1. The van der Waals surface area contributed by atoms with Crippen molar-refractivity contribution < 1.29 is 0 Å². The number of rotatable bonds is 3. The third-order valence-corrected chi connectivity index (χ3v) is 3.49. The monoisotopic (exact) mass is 299 g/mol. The average molecular weight is 300 g/mol. The number of nitrogens with zero attached hydrogens (tertiary/aromatic N) is 1. The summed E-state index contributed by atoms with van der Waals surface area (Å²) in [6.45, 7) is 2.01. The summed E-state index contributed by atoms with van der Waals surface area (Å²) >= 11 is 6.09. The zero-order valence-electron chi connectivity index (χ0n) is 11.4. The van der Waals surface area contributed by atoms with Gasteiger partial charge in [0, 0.05) is 6.07 Å². The van der Waals surface area contributed by atoms with Crippen LogP contribution in [0.4, 0.5) is 11.5 Å². The zero-order chi connectivity index (χ0) is 14.8. The van der Waals surface area contributed by atoms with Crippen molar-refractivity contribution in [2.24, 2.45) is 0 Å². The minimum Gasteiger partial charge on any atom is -0.339 e. The molecule has 0 aliphatic heterocycles. The first-order chi connectivity index (χ1) is 10.1. The Morgan fingerprint density at radius 3 is 2.52 bits per heavy atom. The van der Waals surface area contributed by atoms with Gasteiger partial charge in [0.25, 0.3) is 5.56 Å². The van der Waals surface area contributed by atoms with Crippen molar-refractivity contribution in [3.8, 4) is 5.69 Å². The highest BCUT2D eigenvalue weighted by molar-refractivity contribution is 6.33. The van der Waals surface area contributed by atoms with E-state index in [0.29, 0.717) is 10.8 Å². The van der Waals surface area contributed by atoms with Crippen LogP contribution in [-0.4, -0.2) is 9.78 Å². The number of benzene rings is 2. The molecular weight excluding hydrogens is 286 g/mol. The molecule has 1 aromatic heterocycles. The van der Waals surface area contributed by atoms with Gasteiger partial charge in [-0.1, -0.05) is 41.4 Å². The van der Waals surface area contributed by atoms with Crippen LogP contribution < -0.4 is 10.9 Å². The zero-order valence-corrected chi connectivity index (χ0v) is 12.2. The van der Waals surface area contributed by atoms with E-state index in [1.807, 2.05) is 49.4 Å². The summed E-state index contributed by atoms with van der Waals surface area (Å²) in [5.74, 6) is 0.591. The Morgan fingerprint density at radius 1 is 1.10 bits per heavy atom. The molecule has 0 atom stereocenters. The molecule has 2 aromatic carbocycles. The summed E-state index contributed by atoms with van der Waals surface area (Å²) in [7, 11) is 0. The molecule has 0 fully saturated rings. The van der Waals surface area contributed by atoms with Crippen LogP contribution in [0.2, 0.25) is 5.02 Å². The van der Waals surface area contributed by atoms with Gasteiger partial charge in [-0.2, -0.15) is 0 Å². The van der Waals surface area contributed by atoms with Crippen molar-refractivity contribution >= 4 is 23.1 Å². The van der Waals surface area contributed by atoms with Crippen molar-refractivity contribution in [2.75, 3.05) is 5.32 Å². The van der Waals surface area contributed by atoms with E-state index in [1.54, 1.807) is 6.07 Å². The Hall–Kier alpha value is -2.46. The highest BCUT2D eigenvalue weighted by Crippen LogP contribution is 2.23. The van der Waals surface area contributed by atoms with Crippen LogP contribution in [0.3, 0.4) is 0 Å². The number of aromatic amines is 1. The fraction of sp³-hybridized carbons (Fsp3) is 0.0625. The SMILES string of the molecule is Cc1ccc(-n2[nH]c(Nc3ccccc3Cl)cc2=O)cc1. The van der Waals surface area contributed by atoms with Crippen LogP contribution in [0.5, 0.6) is 0 Å². The predicted octanol–water partition coefficient (Wildman–Crippen LogP) is 3.87. The summed E-state index contributed by atoms with van der Waals surface area (Å²) in [5.41, 5.74) is 2.55. The molecule has 21 heavy (non-hydrogen) atoms. The lowest BCUT2D eigenvalue weighted by Gasteiger charge is -2.06. The lowest BCUT2D eigenvalue weighted by molar-refractivity contribution is 0.852. The average Bonchev–Trinajstić information content (AvgIpc) is 2.83. The van der Waals surface area contributed by atoms with Crippen LogP contribution in [0.1, 0.15) is 5.56 Å². The van der Waals surface area contributed by atoms with Gasteiger partial charge < -0.3 is 5.32 Å². The molecule has 4 nitrogen and oxygen atoms in total. The Morgan fingerprint density at radius 2 is 1.81 bits per heavy atom. The molecule has 1 heterocycles. The second-order valence-electron chi connectivity index (χ2n) is 4.78. The lowest BCUT2D eigenvalue weighted by Crippen LogP contribution is -2.13. The summed E-state index contributed by atoms with van der Waals surface area (Å²) in [6.07, 6.45) is 0. The Bertz CT molecular complexity index is 818. The largest absolute Gasteiger partial charge is 0.339 e. The Kier molecular flexibility index (Phi) is 3.54. The molecule has 0 bridgehead atoms. The lowest BCUT2D eigenvalue weighted by atomic mass is 10.2. The van der Waals surface area contributed by atoms with Gasteiger partial charge in [-0.3, -0.25) is 9.89 Å². The smallest absolute Gasteiger partial charge is 0.273 e. The molecule has 0 unspecified atom stereocenters. The second kappa shape index (κ2) is 5.50. The van der Waals surface area contributed by atoms with E-state index in [4.69, 9.17) is 11.6 Å². The van der Waals surface area contributed by atoms with Gasteiger partial charge in [-0.15, -0.1) is 0 Å². The quantitative estimate of drug-likeness (QED) is 0.771. The van der Waals surface area contributed by atoms with Crippen LogP contribution in [0, 0.1) is 6.92 Å². The van der Waals surface area contributed by atoms with E-state index in [0.717, 1.165) is 16.9 Å². The number of nitrogens with one attached hydrogen (secondary N) is 2. The van der Waals surface area contributed by atoms with Gasteiger partial charge in [0.1, 0.15) is 5.82 Å². The molecule has 0 aliphatic carbocycles. The normalized spacial score (nSPS) is 10.6. The minimum atomic E-state index is -0.131. The number of aryl methyl sites for hydroxylation is 1. The van der Waals surface area contributed by atoms with Gasteiger partial charge in [-0.05, 0) is 31.2 Å². The van der Waals surface area contributed by atoms with Gasteiger partial charge in [-0.25, -0.2) is 4.68 Å². The maximum absolute atomic E-state index is 12.1. The molecule has 0 saturated carbocycles. The van der Waals surface area contributed by atoms with Crippen molar-refractivity contribution in [3.63, 3.8) is 0 Å². The van der Waals surface area contributed by atoms with Crippen molar-refractivity contribution in [3.05, 3.63) is 75.5 Å². The number of hydrogen-bond acceptors (Lipinski definition) is 2. The van der Waals surface area contributed by atoms with Crippen LogP contribution >= 0.6 is 11.6 Å². The van der Waals surface area contributed by atoms with E-state index in [1.165, 1.54) is 10.7 Å². The predicted molar refractivity (Wildman–Crippen MR) is 85.9 cm³/mol. The maximum Gasteiger partial charge on any atom is 0.273 e. The first-order valence-corrected chi connectivity index (χ1v) is 6.92. The van der Waals surface area contributed by atoms with Gasteiger partial charge in [0.2, 0.25) is 0 Å². The van der Waals surface area contributed by atoms with Crippen molar-refractivity contribution in [1.82, 2.24) is 9.78 Å². The Labute approximate surface area is 127 Å². The van der Waals surface area contributed by atoms with Gasteiger partial charge >= 0.3 is 0 Å². The van der Waals surface area contributed by atoms with Crippen LogP contribution in [-0.2, 0) is 0 Å². The molecule has 2 N–H and O–H groups in total. The molecule has 0 spiro atoms. The third kappa shape index (κ3) is 2.85. The second-order valence-corrected chi connectivity index (χ2v) is 5.19. The number of para-hydroxylation sites is 1. The molecule has 0 amide bonds. The summed E-state index contributed by atoms with van der Waals surface area (Å²) in [6, 6.07) is 16.6. The molecule has 3 aromatic rings. The summed E-state index contributed by atoms with van der Waals surface area (Å²) in [4.78, 5) is 12.1. The van der Waals surface area contributed by atoms with E-state index in [2.05, 4.69) is 10.4 Å². The fourth-order valence-corrected chi connectivity index (χ4v) is 2.24. The third-order valence-electron chi connectivity index (χ3n) is 3.16. The molecule has 3 rings (SSSR count). The molecule has 0 radical (unpaired) electrons. The number of anilines is 2. The van der Waals surface area contributed by atoms with Crippen LogP contribution in [0.25, 0.3) is 5.69 Å². The Balaban J connectivity index is 1.93. The number of hydrogen-bond donors (Lipinski definition) is 2. The van der Waals surface area contributed by atoms with Crippen molar-refractivity contribution in [2.45, 2.75) is 6.92 Å². The van der Waals surface area contributed by atoms with E-state index in [-0.39, 0.29) is 5.56 Å². The fourth-order valence-electron chi connectivity index (χ4n) is 2.05. The molecule has 0 aliphatic rings.